The zero-order valence-electron chi connectivity index (χ0n) is 12.0. The molecule has 0 saturated carbocycles. The lowest BCUT2D eigenvalue weighted by Crippen LogP contribution is -2.25. The molecule has 2 rings (SSSR count). The van der Waals surface area contributed by atoms with Crippen molar-refractivity contribution < 1.29 is 14.3 Å². The lowest BCUT2D eigenvalue weighted by molar-refractivity contribution is 0.0115. The lowest BCUT2D eigenvalue weighted by atomic mass is 10.1. The molecule has 1 unspecified atom stereocenters. The number of nitrogens with zero attached hydrogens (tertiary/aromatic N) is 1. The van der Waals surface area contributed by atoms with Crippen LogP contribution < -0.4 is 11.1 Å². The Labute approximate surface area is 124 Å². The molecule has 1 saturated heterocycles. The van der Waals surface area contributed by atoms with Gasteiger partial charge in [0.1, 0.15) is 5.82 Å². The van der Waals surface area contributed by atoms with Crippen LogP contribution in [-0.2, 0) is 11.3 Å². The predicted molar refractivity (Wildman–Crippen MR) is 78.8 cm³/mol. The minimum absolute atomic E-state index is 0.0913. The first-order valence-electron chi connectivity index (χ1n) is 7.28. The van der Waals surface area contributed by atoms with Crippen molar-refractivity contribution >= 4 is 5.84 Å². The average Bonchev–Trinajstić information content (AvgIpc) is 2.51. The van der Waals surface area contributed by atoms with Gasteiger partial charge in [-0.05, 0) is 56.0 Å². The average molecular weight is 295 g/mol. The third-order valence-corrected chi connectivity index (χ3v) is 3.61. The summed E-state index contributed by atoms with van der Waals surface area (Å²) >= 11 is 0. The quantitative estimate of drug-likeness (QED) is 0.246. The Bertz CT molecular complexity index is 488. The monoisotopic (exact) mass is 295 g/mol. The zero-order chi connectivity index (χ0) is 15.1. The lowest BCUT2D eigenvalue weighted by Gasteiger charge is -2.22. The highest BCUT2D eigenvalue weighted by Crippen LogP contribution is 2.15. The maximum absolute atomic E-state index is 13.5. The highest BCUT2D eigenvalue weighted by atomic mass is 19.1. The van der Waals surface area contributed by atoms with Crippen molar-refractivity contribution in [2.75, 3.05) is 13.2 Å². The van der Waals surface area contributed by atoms with Gasteiger partial charge in [-0.25, -0.2) is 4.39 Å². The molecule has 0 bridgehead atoms. The second kappa shape index (κ2) is 7.95. The molecular formula is C15H22FN3O2. The Balaban J connectivity index is 1.81. The number of oxime groups is 1. The van der Waals surface area contributed by atoms with E-state index in [9.17, 15) is 4.39 Å². The van der Waals surface area contributed by atoms with Gasteiger partial charge in [0.2, 0.25) is 0 Å². The van der Waals surface area contributed by atoms with E-state index >= 15 is 0 Å². The fourth-order valence-electron chi connectivity index (χ4n) is 2.49. The van der Waals surface area contributed by atoms with Crippen molar-refractivity contribution in [2.24, 2.45) is 10.9 Å². The number of benzene rings is 1. The number of hydrogen-bond donors (Lipinski definition) is 3. The van der Waals surface area contributed by atoms with E-state index in [0.29, 0.717) is 18.2 Å². The Hall–Kier alpha value is -1.66. The van der Waals surface area contributed by atoms with E-state index in [1.165, 1.54) is 18.6 Å². The molecule has 0 aliphatic carbocycles. The normalized spacial score (nSPS) is 19.7. The topological polar surface area (TPSA) is 79.9 Å². The van der Waals surface area contributed by atoms with Crippen LogP contribution in [0.25, 0.3) is 0 Å². The van der Waals surface area contributed by atoms with Crippen molar-refractivity contribution in [3.63, 3.8) is 0 Å². The van der Waals surface area contributed by atoms with Crippen molar-refractivity contribution in [2.45, 2.75) is 38.3 Å². The number of nitrogens with two attached hydrogens (primary N) is 1. The second-order valence-corrected chi connectivity index (χ2v) is 5.29. The molecule has 1 aromatic rings. The van der Waals surface area contributed by atoms with Crippen LogP contribution in [0.5, 0.6) is 0 Å². The van der Waals surface area contributed by atoms with E-state index < -0.39 is 5.82 Å². The van der Waals surface area contributed by atoms with Crippen molar-refractivity contribution in [3.8, 4) is 0 Å². The summed E-state index contributed by atoms with van der Waals surface area (Å²) < 4.78 is 19.1. The zero-order valence-corrected chi connectivity index (χ0v) is 12.0. The molecule has 4 N–H and O–H groups in total. The van der Waals surface area contributed by atoms with Crippen LogP contribution in [0, 0.1) is 5.82 Å². The fourth-order valence-corrected chi connectivity index (χ4v) is 2.49. The first-order chi connectivity index (χ1) is 10.2. The Morgan fingerprint density at radius 1 is 1.43 bits per heavy atom. The van der Waals surface area contributed by atoms with Gasteiger partial charge < -0.3 is 21.0 Å². The molecule has 5 nitrogen and oxygen atoms in total. The summed E-state index contributed by atoms with van der Waals surface area (Å²) in [6.07, 6.45) is 4.81. The molecular weight excluding hydrogens is 273 g/mol. The molecule has 0 amide bonds. The van der Waals surface area contributed by atoms with E-state index in [-0.39, 0.29) is 5.84 Å². The van der Waals surface area contributed by atoms with Crippen molar-refractivity contribution in [1.29, 1.82) is 0 Å². The van der Waals surface area contributed by atoms with Crippen LogP contribution in [0.15, 0.2) is 23.4 Å². The van der Waals surface area contributed by atoms with E-state index in [1.54, 1.807) is 6.07 Å². The third kappa shape index (κ3) is 4.99. The molecule has 21 heavy (non-hydrogen) atoms. The predicted octanol–water partition coefficient (Wildman–Crippen LogP) is 1.97. The Kier molecular flexibility index (Phi) is 5.95. The van der Waals surface area contributed by atoms with Crippen LogP contribution in [0.4, 0.5) is 4.39 Å². The van der Waals surface area contributed by atoms with Gasteiger partial charge >= 0.3 is 0 Å². The molecule has 1 aliphatic heterocycles. The van der Waals surface area contributed by atoms with Gasteiger partial charge in [-0.15, -0.1) is 0 Å². The first-order valence-corrected chi connectivity index (χ1v) is 7.28. The summed E-state index contributed by atoms with van der Waals surface area (Å²) in [5.74, 6) is -0.488. The Morgan fingerprint density at radius 3 is 3.00 bits per heavy atom. The van der Waals surface area contributed by atoms with Gasteiger partial charge in [-0.2, -0.15) is 0 Å². The van der Waals surface area contributed by atoms with E-state index in [2.05, 4.69) is 10.5 Å². The van der Waals surface area contributed by atoms with Crippen molar-refractivity contribution in [1.82, 2.24) is 5.32 Å². The molecule has 1 aromatic carbocycles. The highest BCUT2D eigenvalue weighted by Gasteiger charge is 2.13. The van der Waals surface area contributed by atoms with Gasteiger partial charge in [0.15, 0.2) is 5.84 Å². The molecule has 1 aliphatic rings. The fraction of sp³-hybridized carbons (Fsp3) is 0.533. The van der Waals surface area contributed by atoms with Gasteiger partial charge in [0, 0.05) is 18.7 Å². The number of halogens is 1. The molecule has 1 heterocycles. The van der Waals surface area contributed by atoms with Gasteiger partial charge in [0.05, 0.1) is 6.10 Å². The summed E-state index contributed by atoms with van der Waals surface area (Å²) in [6.45, 7) is 2.22. The summed E-state index contributed by atoms with van der Waals surface area (Å²) in [7, 11) is 0. The van der Waals surface area contributed by atoms with E-state index in [4.69, 9.17) is 15.7 Å². The number of nitrogens with one attached hydrogen (secondary N) is 1. The van der Waals surface area contributed by atoms with Crippen LogP contribution in [0.3, 0.4) is 0 Å². The van der Waals surface area contributed by atoms with E-state index in [1.807, 2.05) is 0 Å². The molecule has 0 spiro atoms. The minimum Gasteiger partial charge on any atom is -0.409 e. The summed E-state index contributed by atoms with van der Waals surface area (Å²) in [5, 5.41) is 14.8. The summed E-state index contributed by atoms with van der Waals surface area (Å²) in [4.78, 5) is 0. The summed E-state index contributed by atoms with van der Waals surface area (Å²) in [6, 6.07) is 4.40. The minimum atomic E-state index is -0.397. The standard InChI is InChI=1S/C15H22FN3O2/c16-13-8-11(7-12(9-13)15(17)19-20)10-18-5-4-14-3-1-2-6-21-14/h7-9,14,18,20H,1-6,10H2,(H2,17,19). The molecule has 6 heteroatoms. The van der Waals surface area contributed by atoms with Crippen LogP contribution >= 0.6 is 0 Å². The van der Waals surface area contributed by atoms with Gasteiger partial charge in [-0.1, -0.05) is 5.16 Å². The first kappa shape index (κ1) is 15.7. The molecule has 0 aromatic heterocycles. The number of hydrogen-bond acceptors (Lipinski definition) is 4. The molecule has 0 radical (unpaired) electrons. The molecule has 1 fully saturated rings. The summed E-state index contributed by atoms with van der Waals surface area (Å²) in [5.41, 5.74) is 6.63. The SMILES string of the molecule is N/C(=N/O)c1cc(F)cc(CNCCC2CCCCO2)c1. The third-order valence-electron chi connectivity index (χ3n) is 3.61. The van der Waals surface area contributed by atoms with Crippen LogP contribution in [0.2, 0.25) is 0 Å². The molecule has 116 valence electrons. The van der Waals surface area contributed by atoms with Crippen molar-refractivity contribution in [3.05, 3.63) is 35.1 Å². The van der Waals surface area contributed by atoms with Gasteiger partial charge in [-0.3, -0.25) is 0 Å². The second-order valence-electron chi connectivity index (χ2n) is 5.29. The largest absolute Gasteiger partial charge is 0.409 e. The maximum atomic E-state index is 13.5. The molecule has 1 atom stereocenters. The van der Waals surface area contributed by atoms with E-state index in [0.717, 1.165) is 38.0 Å². The number of amidine groups is 1. The Morgan fingerprint density at radius 2 is 2.29 bits per heavy atom. The maximum Gasteiger partial charge on any atom is 0.170 e. The van der Waals surface area contributed by atoms with Gasteiger partial charge in [0.25, 0.3) is 0 Å². The van der Waals surface area contributed by atoms with Crippen LogP contribution in [-0.4, -0.2) is 30.3 Å². The number of ether oxygens (including phenoxy) is 1. The van der Waals surface area contributed by atoms with Crippen LogP contribution in [0.1, 0.15) is 36.8 Å². The highest BCUT2D eigenvalue weighted by molar-refractivity contribution is 5.97. The number of rotatable bonds is 6. The smallest absolute Gasteiger partial charge is 0.170 e.